The van der Waals surface area contributed by atoms with Crippen LogP contribution in [0.2, 0.25) is 0 Å². The fourth-order valence-corrected chi connectivity index (χ4v) is 2.86. The fraction of sp³-hybridized carbons (Fsp3) is 0.182. The summed E-state index contributed by atoms with van der Waals surface area (Å²) < 4.78 is 0. The Hall–Kier alpha value is -3.72. The molecule has 140 valence electrons. The first-order chi connectivity index (χ1) is 13.6. The summed E-state index contributed by atoms with van der Waals surface area (Å²) in [6.07, 6.45) is 0. The molecular formula is C22H21N5O. The van der Waals surface area contributed by atoms with E-state index in [-0.39, 0.29) is 11.6 Å². The molecule has 1 N–H and O–H groups in total. The van der Waals surface area contributed by atoms with Crippen molar-refractivity contribution in [3.8, 4) is 6.07 Å². The highest BCUT2D eigenvalue weighted by molar-refractivity contribution is 6.04. The summed E-state index contributed by atoms with van der Waals surface area (Å²) in [6, 6.07) is 20.7. The van der Waals surface area contributed by atoms with E-state index in [1.54, 1.807) is 37.3 Å². The van der Waals surface area contributed by atoms with E-state index in [4.69, 9.17) is 0 Å². The molecule has 2 aromatic carbocycles. The Kier molecular flexibility index (Phi) is 5.97. The van der Waals surface area contributed by atoms with Crippen LogP contribution in [0.15, 0.2) is 60.7 Å². The summed E-state index contributed by atoms with van der Waals surface area (Å²) in [5, 5.41) is 12.0. The molecule has 0 unspecified atom stereocenters. The van der Waals surface area contributed by atoms with E-state index in [0.717, 1.165) is 12.1 Å². The van der Waals surface area contributed by atoms with Crippen LogP contribution in [0, 0.1) is 18.3 Å². The molecule has 0 aliphatic heterocycles. The number of aromatic nitrogens is 2. The molecule has 0 fully saturated rings. The number of rotatable bonds is 6. The van der Waals surface area contributed by atoms with E-state index in [0.29, 0.717) is 29.4 Å². The number of amides is 1. The third kappa shape index (κ3) is 4.51. The van der Waals surface area contributed by atoms with Gasteiger partial charge in [0, 0.05) is 19.2 Å². The van der Waals surface area contributed by atoms with Gasteiger partial charge in [-0.05, 0) is 31.5 Å². The molecular weight excluding hydrogens is 350 g/mol. The van der Waals surface area contributed by atoms with E-state index in [9.17, 15) is 10.1 Å². The number of benzene rings is 2. The second-order valence-electron chi connectivity index (χ2n) is 6.27. The second kappa shape index (κ2) is 8.78. The Balaban J connectivity index is 1.86. The third-order valence-electron chi connectivity index (χ3n) is 4.27. The molecule has 0 radical (unpaired) electrons. The zero-order chi connectivity index (χ0) is 19.9. The smallest absolute Gasteiger partial charge is 0.274 e. The Labute approximate surface area is 164 Å². The highest BCUT2D eigenvalue weighted by atomic mass is 16.1. The van der Waals surface area contributed by atoms with Gasteiger partial charge >= 0.3 is 0 Å². The number of hydrogen-bond acceptors (Lipinski definition) is 5. The van der Waals surface area contributed by atoms with Gasteiger partial charge in [0.05, 0.1) is 11.3 Å². The number of carbonyl (C=O) groups is 1. The number of nitriles is 1. The first-order valence-corrected chi connectivity index (χ1v) is 9.05. The third-order valence-corrected chi connectivity index (χ3v) is 4.27. The number of nitrogens with zero attached hydrogens (tertiary/aromatic N) is 4. The Bertz CT molecular complexity index is 1010. The van der Waals surface area contributed by atoms with Gasteiger partial charge in [-0.15, -0.1) is 0 Å². The lowest BCUT2D eigenvalue weighted by Gasteiger charge is -2.22. The summed E-state index contributed by atoms with van der Waals surface area (Å²) in [5.74, 6) is 0.838. The minimum absolute atomic E-state index is 0.266. The molecule has 0 aliphatic rings. The molecule has 1 aromatic heterocycles. The minimum atomic E-state index is -0.370. The minimum Gasteiger partial charge on any atom is -0.352 e. The zero-order valence-corrected chi connectivity index (χ0v) is 15.9. The highest BCUT2D eigenvalue weighted by Crippen LogP contribution is 2.18. The lowest BCUT2D eigenvalue weighted by Crippen LogP contribution is -2.25. The summed E-state index contributed by atoms with van der Waals surface area (Å²) in [6.45, 7) is 5.24. The van der Waals surface area contributed by atoms with Crippen LogP contribution in [0.5, 0.6) is 0 Å². The van der Waals surface area contributed by atoms with Gasteiger partial charge in [0.25, 0.3) is 5.91 Å². The molecule has 0 saturated heterocycles. The van der Waals surface area contributed by atoms with Gasteiger partial charge in [-0.25, -0.2) is 9.97 Å². The van der Waals surface area contributed by atoms with Crippen molar-refractivity contribution in [3.05, 3.63) is 83.3 Å². The molecule has 3 rings (SSSR count). The normalized spacial score (nSPS) is 10.2. The van der Waals surface area contributed by atoms with Crippen LogP contribution in [-0.4, -0.2) is 22.4 Å². The second-order valence-corrected chi connectivity index (χ2v) is 6.27. The van der Waals surface area contributed by atoms with E-state index in [1.165, 1.54) is 0 Å². The van der Waals surface area contributed by atoms with Gasteiger partial charge in [0.15, 0.2) is 0 Å². The maximum absolute atomic E-state index is 12.7. The van der Waals surface area contributed by atoms with Crippen molar-refractivity contribution in [3.63, 3.8) is 0 Å². The van der Waals surface area contributed by atoms with Crippen LogP contribution in [0.25, 0.3) is 0 Å². The van der Waals surface area contributed by atoms with E-state index in [2.05, 4.69) is 38.4 Å². The molecule has 3 aromatic rings. The summed E-state index contributed by atoms with van der Waals surface area (Å²) >= 11 is 0. The van der Waals surface area contributed by atoms with Crippen molar-refractivity contribution in [2.75, 3.05) is 16.8 Å². The van der Waals surface area contributed by atoms with Gasteiger partial charge in [-0.2, -0.15) is 5.26 Å². The molecule has 0 spiro atoms. The number of carbonyl (C=O) groups excluding carboxylic acids is 1. The van der Waals surface area contributed by atoms with Crippen molar-refractivity contribution in [1.29, 1.82) is 5.26 Å². The van der Waals surface area contributed by atoms with E-state index < -0.39 is 0 Å². The number of hydrogen-bond donors (Lipinski definition) is 1. The SMILES string of the molecule is CCN(Cc1ccccc1)c1cc(C(=O)Nc2ccccc2C#N)nc(C)n1. The molecule has 1 amide bonds. The zero-order valence-electron chi connectivity index (χ0n) is 15.9. The fourth-order valence-electron chi connectivity index (χ4n) is 2.86. The average molecular weight is 371 g/mol. The summed E-state index contributed by atoms with van der Waals surface area (Å²) in [7, 11) is 0. The predicted molar refractivity (Wildman–Crippen MR) is 109 cm³/mol. The maximum atomic E-state index is 12.7. The van der Waals surface area contributed by atoms with Crippen molar-refractivity contribution in [2.24, 2.45) is 0 Å². The van der Waals surface area contributed by atoms with Crippen molar-refractivity contribution < 1.29 is 4.79 Å². The molecule has 0 aliphatic carbocycles. The Morgan fingerprint density at radius 2 is 1.82 bits per heavy atom. The molecule has 6 heteroatoms. The standard InChI is InChI=1S/C22H21N5O/c1-3-27(15-17-9-5-4-6-10-17)21-13-20(24-16(2)25-21)22(28)26-19-12-8-7-11-18(19)14-23/h4-13H,3,15H2,1-2H3,(H,26,28). The molecule has 0 saturated carbocycles. The molecule has 6 nitrogen and oxygen atoms in total. The first kappa shape index (κ1) is 19.1. The molecule has 0 atom stereocenters. The van der Waals surface area contributed by atoms with Gasteiger partial charge in [-0.1, -0.05) is 42.5 Å². The monoisotopic (exact) mass is 371 g/mol. The number of nitrogens with one attached hydrogen (secondary N) is 1. The number of anilines is 2. The van der Waals surface area contributed by atoms with Crippen molar-refractivity contribution >= 4 is 17.4 Å². The van der Waals surface area contributed by atoms with E-state index in [1.807, 2.05) is 25.1 Å². The van der Waals surface area contributed by atoms with Crippen molar-refractivity contribution in [1.82, 2.24) is 9.97 Å². The topological polar surface area (TPSA) is 81.9 Å². The lowest BCUT2D eigenvalue weighted by atomic mass is 10.2. The van der Waals surface area contributed by atoms with Crippen molar-refractivity contribution in [2.45, 2.75) is 20.4 Å². The van der Waals surface area contributed by atoms with Gasteiger partial charge in [-0.3, -0.25) is 4.79 Å². The average Bonchev–Trinajstić information content (AvgIpc) is 2.72. The van der Waals surface area contributed by atoms with Crippen LogP contribution in [0.3, 0.4) is 0 Å². The van der Waals surface area contributed by atoms with Crippen LogP contribution >= 0.6 is 0 Å². The van der Waals surface area contributed by atoms with E-state index >= 15 is 0 Å². The summed E-state index contributed by atoms with van der Waals surface area (Å²) in [4.78, 5) is 23.6. The lowest BCUT2D eigenvalue weighted by molar-refractivity contribution is 0.102. The van der Waals surface area contributed by atoms with Gasteiger partial charge < -0.3 is 10.2 Å². The van der Waals surface area contributed by atoms with Crippen LogP contribution < -0.4 is 10.2 Å². The first-order valence-electron chi connectivity index (χ1n) is 9.05. The van der Waals surface area contributed by atoms with Gasteiger partial charge in [0.1, 0.15) is 23.4 Å². The quantitative estimate of drug-likeness (QED) is 0.710. The molecule has 0 bridgehead atoms. The maximum Gasteiger partial charge on any atom is 0.274 e. The molecule has 28 heavy (non-hydrogen) atoms. The molecule has 1 heterocycles. The Morgan fingerprint density at radius 1 is 1.11 bits per heavy atom. The number of aryl methyl sites for hydroxylation is 1. The highest BCUT2D eigenvalue weighted by Gasteiger charge is 2.15. The van der Waals surface area contributed by atoms with Crippen LogP contribution in [0.4, 0.5) is 11.5 Å². The Morgan fingerprint density at radius 3 is 2.54 bits per heavy atom. The van der Waals surface area contributed by atoms with Gasteiger partial charge in [0.2, 0.25) is 0 Å². The van der Waals surface area contributed by atoms with Crippen LogP contribution in [0.1, 0.15) is 34.4 Å². The van der Waals surface area contributed by atoms with Crippen LogP contribution in [-0.2, 0) is 6.54 Å². The number of para-hydroxylation sites is 1. The predicted octanol–water partition coefficient (Wildman–Crippen LogP) is 3.94. The summed E-state index contributed by atoms with van der Waals surface area (Å²) in [5.41, 5.74) is 2.29. The largest absolute Gasteiger partial charge is 0.352 e.